The fourth-order valence-electron chi connectivity index (χ4n) is 1.54. The van der Waals surface area contributed by atoms with Gasteiger partial charge in [-0.25, -0.2) is 0 Å². The summed E-state index contributed by atoms with van der Waals surface area (Å²) in [6, 6.07) is -1.12. The number of rotatable bonds is 13. The largest absolute Gasteiger partial charge is 0.480 e. The first-order valence-electron chi connectivity index (χ1n) is 8.29. The Morgan fingerprint density at radius 1 is 1.00 bits per heavy atom. The second kappa shape index (κ2) is 18.9. The van der Waals surface area contributed by atoms with Crippen LogP contribution in [-0.4, -0.2) is 59.8 Å². The van der Waals surface area contributed by atoms with E-state index in [1.807, 2.05) is 12.5 Å². The number of ether oxygens (including phenoxy) is 1. The SMILES string of the molecule is CCCCCCOC(=O)[C@@H](N)CCSC.CSCC[C@H](N)C(=O)O. The molecule has 0 unspecified atom stereocenters. The molecule has 0 aromatic heterocycles. The highest BCUT2D eigenvalue weighted by atomic mass is 32.2. The molecule has 6 nitrogen and oxygen atoms in total. The molecule has 0 radical (unpaired) electrons. The van der Waals surface area contributed by atoms with Crippen molar-refractivity contribution in [3.8, 4) is 0 Å². The Morgan fingerprint density at radius 3 is 2.00 bits per heavy atom. The van der Waals surface area contributed by atoms with Gasteiger partial charge in [-0.05, 0) is 43.3 Å². The molecule has 0 aromatic carbocycles. The Balaban J connectivity index is 0. The summed E-state index contributed by atoms with van der Waals surface area (Å²) in [4.78, 5) is 21.4. The van der Waals surface area contributed by atoms with E-state index >= 15 is 0 Å². The summed E-state index contributed by atoms with van der Waals surface area (Å²) in [5.41, 5.74) is 10.8. The van der Waals surface area contributed by atoms with E-state index in [1.165, 1.54) is 12.8 Å². The monoisotopic (exact) mass is 382 g/mol. The van der Waals surface area contributed by atoms with E-state index < -0.39 is 18.1 Å². The normalized spacial score (nSPS) is 12.7. The van der Waals surface area contributed by atoms with Crippen LogP contribution < -0.4 is 11.5 Å². The topological polar surface area (TPSA) is 116 Å². The van der Waals surface area contributed by atoms with E-state index in [0.717, 1.165) is 24.3 Å². The molecule has 0 rings (SSSR count). The Bertz CT molecular complexity index is 320. The number of esters is 1. The Labute approximate surface area is 154 Å². The lowest BCUT2D eigenvalue weighted by Crippen LogP contribution is -2.33. The van der Waals surface area contributed by atoms with Gasteiger partial charge in [0.2, 0.25) is 0 Å². The van der Waals surface area contributed by atoms with Gasteiger partial charge in [0.1, 0.15) is 12.1 Å². The van der Waals surface area contributed by atoms with Crippen molar-refractivity contribution in [3.63, 3.8) is 0 Å². The minimum atomic E-state index is -0.913. The van der Waals surface area contributed by atoms with Gasteiger partial charge in [0.15, 0.2) is 0 Å². The van der Waals surface area contributed by atoms with Gasteiger partial charge in [-0.3, -0.25) is 9.59 Å². The van der Waals surface area contributed by atoms with Crippen LogP contribution in [0.1, 0.15) is 45.4 Å². The lowest BCUT2D eigenvalue weighted by atomic mass is 10.2. The van der Waals surface area contributed by atoms with Crippen molar-refractivity contribution in [1.82, 2.24) is 0 Å². The first kappa shape index (κ1) is 25.8. The second-order valence-electron chi connectivity index (χ2n) is 5.34. The molecule has 2 atom stereocenters. The number of nitrogens with two attached hydrogens (primary N) is 2. The number of carboxylic acids is 1. The zero-order valence-corrected chi connectivity index (χ0v) is 16.8. The van der Waals surface area contributed by atoms with Crippen molar-refractivity contribution in [2.45, 2.75) is 57.5 Å². The van der Waals surface area contributed by atoms with Crippen molar-refractivity contribution in [2.24, 2.45) is 11.5 Å². The molecule has 0 aliphatic heterocycles. The first-order valence-corrected chi connectivity index (χ1v) is 11.1. The van der Waals surface area contributed by atoms with Crippen LogP contribution in [0.5, 0.6) is 0 Å². The molecule has 144 valence electrons. The molecule has 0 heterocycles. The van der Waals surface area contributed by atoms with Gasteiger partial charge in [-0.1, -0.05) is 26.2 Å². The Morgan fingerprint density at radius 2 is 1.54 bits per heavy atom. The molecule has 5 N–H and O–H groups in total. The third-order valence-electron chi connectivity index (χ3n) is 3.13. The Hall–Kier alpha value is -0.440. The third kappa shape index (κ3) is 17.9. The van der Waals surface area contributed by atoms with E-state index in [1.54, 1.807) is 23.5 Å². The van der Waals surface area contributed by atoms with Gasteiger partial charge in [-0.2, -0.15) is 23.5 Å². The molecule has 8 heteroatoms. The highest BCUT2D eigenvalue weighted by Crippen LogP contribution is 2.02. The van der Waals surface area contributed by atoms with Gasteiger partial charge in [0, 0.05) is 0 Å². The molecule has 0 spiro atoms. The number of carbonyl (C=O) groups excluding carboxylic acids is 1. The van der Waals surface area contributed by atoms with Crippen molar-refractivity contribution >= 4 is 35.5 Å². The third-order valence-corrected chi connectivity index (χ3v) is 4.42. The number of hydrogen-bond acceptors (Lipinski definition) is 7. The minimum absolute atomic E-state index is 0.249. The van der Waals surface area contributed by atoms with Gasteiger partial charge in [0.25, 0.3) is 0 Å². The van der Waals surface area contributed by atoms with Crippen LogP contribution in [0, 0.1) is 0 Å². The summed E-state index contributed by atoms with van der Waals surface area (Å²) < 4.78 is 5.07. The van der Waals surface area contributed by atoms with E-state index in [9.17, 15) is 9.59 Å². The fourth-order valence-corrected chi connectivity index (χ4v) is 2.52. The van der Waals surface area contributed by atoms with Crippen LogP contribution in [-0.2, 0) is 14.3 Å². The number of carbonyl (C=O) groups is 2. The summed E-state index contributed by atoms with van der Waals surface area (Å²) >= 11 is 3.30. The van der Waals surface area contributed by atoms with Crippen LogP contribution in [0.4, 0.5) is 0 Å². The van der Waals surface area contributed by atoms with Crippen molar-refractivity contribution in [1.29, 1.82) is 0 Å². The van der Waals surface area contributed by atoms with Gasteiger partial charge < -0.3 is 21.3 Å². The molecule has 0 bridgehead atoms. The average Bonchev–Trinajstić information content (AvgIpc) is 2.57. The van der Waals surface area contributed by atoms with Crippen LogP contribution in [0.3, 0.4) is 0 Å². The first-order chi connectivity index (χ1) is 11.4. The Kier molecular flexibility index (Phi) is 20.3. The standard InChI is InChI=1S/C11H23NO2S.C5H11NO2S/c1-3-4-5-6-8-14-11(13)10(12)7-9-15-2;1-9-3-2-4(6)5(7)8/h10H,3-9,12H2,1-2H3;4H,2-3,6H2,1H3,(H,7,8)/t10-;4-/m00/s1. The number of aliphatic carboxylic acids is 1. The van der Waals surface area contributed by atoms with Crippen LogP contribution >= 0.6 is 23.5 Å². The van der Waals surface area contributed by atoms with Crippen LogP contribution in [0.25, 0.3) is 0 Å². The summed E-state index contributed by atoms with van der Waals surface area (Å²) in [7, 11) is 0. The van der Waals surface area contributed by atoms with Gasteiger partial charge >= 0.3 is 11.9 Å². The summed E-state index contributed by atoms with van der Waals surface area (Å²) in [6.07, 6.45) is 9.67. The smallest absolute Gasteiger partial charge is 0.322 e. The van der Waals surface area contributed by atoms with E-state index in [4.69, 9.17) is 21.3 Å². The molecule has 0 aliphatic carbocycles. The molecule has 0 amide bonds. The van der Waals surface area contributed by atoms with Crippen LogP contribution in [0.15, 0.2) is 0 Å². The maximum Gasteiger partial charge on any atom is 0.322 e. The zero-order valence-electron chi connectivity index (χ0n) is 15.2. The predicted molar refractivity (Wildman–Crippen MR) is 105 cm³/mol. The average molecular weight is 383 g/mol. The van der Waals surface area contributed by atoms with Gasteiger partial charge in [0.05, 0.1) is 6.61 Å². The fraction of sp³-hybridized carbons (Fsp3) is 0.875. The molecule has 0 aliphatic rings. The highest BCUT2D eigenvalue weighted by molar-refractivity contribution is 7.98. The lowest BCUT2D eigenvalue weighted by molar-refractivity contribution is -0.145. The van der Waals surface area contributed by atoms with Crippen molar-refractivity contribution < 1.29 is 19.4 Å². The van der Waals surface area contributed by atoms with E-state index in [0.29, 0.717) is 19.4 Å². The number of carboxylic acid groups (broad SMARTS) is 1. The quantitative estimate of drug-likeness (QED) is 0.328. The van der Waals surface area contributed by atoms with Gasteiger partial charge in [-0.15, -0.1) is 0 Å². The van der Waals surface area contributed by atoms with Crippen LogP contribution in [0.2, 0.25) is 0 Å². The van der Waals surface area contributed by atoms with Crippen molar-refractivity contribution in [2.75, 3.05) is 30.6 Å². The molecular formula is C16H34N2O4S2. The number of hydrogen-bond donors (Lipinski definition) is 3. The van der Waals surface area contributed by atoms with E-state index in [-0.39, 0.29) is 5.97 Å². The maximum atomic E-state index is 11.3. The summed E-state index contributed by atoms with van der Waals surface area (Å²) in [5, 5.41) is 8.27. The summed E-state index contributed by atoms with van der Waals surface area (Å²) in [5.74, 6) is 0.559. The summed E-state index contributed by atoms with van der Waals surface area (Å²) in [6.45, 7) is 2.68. The molecule has 0 aromatic rings. The lowest BCUT2D eigenvalue weighted by Gasteiger charge is -2.10. The minimum Gasteiger partial charge on any atom is -0.480 e. The molecular weight excluding hydrogens is 348 g/mol. The van der Waals surface area contributed by atoms with E-state index in [2.05, 4.69) is 6.92 Å². The number of thioether (sulfide) groups is 2. The second-order valence-corrected chi connectivity index (χ2v) is 7.31. The molecule has 0 saturated heterocycles. The molecule has 0 saturated carbocycles. The zero-order chi connectivity index (χ0) is 18.8. The number of unbranched alkanes of at least 4 members (excludes halogenated alkanes) is 3. The molecule has 24 heavy (non-hydrogen) atoms. The maximum absolute atomic E-state index is 11.3. The predicted octanol–water partition coefficient (Wildman–Crippen LogP) is 2.34. The van der Waals surface area contributed by atoms with Crippen molar-refractivity contribution in [3.05, 3.63) is 0 Å². The highest BCUT2D eigenvalue weighted by Gasteiger charge is 2.13. The molecule has 0 fully saturated rings.